The normalized spacial score (nSPS) is 15.6. The first-order valence-electron chi connectivity index (χ1n) is 5.97. The van der Waals surface area contributed by atoms with Crippen LogP contribution in [0.3, 0.4) is 0 Å². The summed E-state index contributed by atoms with van der Waals surface area (Å²) in [4.78, 5) is 0. The van der Waals surface area contributed by atoms with Crippen LogP contribution in [0.5, 0.6) is 0 Å². The van der Waals surface area contributed by atoms with Crippen molar-refractivity contribution in [3.63, 3.8) is 0 Å². The zero-order chi connectivity index (χ0) is 20.5. The Morgan fingerprint density at radius 3 is 1.40 bits per heavy atom. The molecule has 1 N–H and O–H groups in total. The van der Waals surface area contributed by atoms with Gasteiger partial charge >= 0.3 is 36.0 Å². The van der Waals surface area contributed by atoms with Crippen LogP contribution in [0.2, 0.25) is 0 Å². The number of alkyl halides is 13. The van der Waals surface area contributed by atoms with Crippen LogP contribution in [0.25, 0.3) is 0 Å². The summed E-state index contributed by atoms with van der Waals surface area (Å²) in [5, 5.41) is 8.07. The zero-order valence-electron chi connectivity index (χ0n) is 11.6. The van der Waals surface area contributed by atoms with Crippen molar-refractivity contribution in [1.82, 2.24) is 0 Å². The molecule has 0 aliphatic carbocycles. The average molecular weight is 408 g/mol. The second kappa shape index (κ2) is 6.96. The highest BCUT2D eigenvalue weighted by Crippen LogP contribution is 2.58. The maximum Gasteiger partial charge on any atom is 0.426 e. The van der Waals surface area contributed by atoms with Gasteiger partial charge in [-0.1, -0.05) is 0 Å². The first kappa shape index (κ1) is 24.0. The molecule has 0 saturated carbocycles. The first-order chi connectivity index (χ1) is 10.8. The van der Waals surface area contributed by atoms with E-state index in [4.69, 9.17) is 5.11 Å². The van der Waals surface area contributed by atoms with Crippen LogP contribution in [0.15, 0.2) is 0 Å². The second-order valence-corrected chi connectivity index (χ2v) is 4.63. The lowest BCUT2D eigenvalue weighted by molar-refractivity contribution is -0.446. The predicted octanol–water partition coefficient (Wildman–Crippen LogP) is 4.47. The Labute approximate surface area is 130 Å². The summed E-state index contributed by atoms with van der Waals surface area (Å²) >= 11 is 0. The molecule has 152 valence electrons. The molecule has 0 bridgehead atoms. The highest BCUT2D eigenvalue weighted by molar-refractivity contribution is 5.06. The van der Waals surface area contributed by atoms with E-state index in [1.807, 2.05) is 0 Å². The summed E-state index contributed by atoms with van der Waals surface area (Å²) < 4.78 is 168. The molecule has 0 atom stereocenters. The molecular formula is C10H9F13O2. The minimum absolute atomic E-state index is 1.45. The van der Waals surface area contributed by atoms with Gasteiger partial charge in [0.2, 0.25) is 0 Å². The van der Waals surface area contributed by atoms with Gasteiger partial charge in [0, 0.05) is 12.8 Å². The van der Waals surface area contributed by atoms with Crippen molar-refractivity contribution in [3.8, 4) is 0 Å². The molecule has 0 saturated heterocycles. The average Bonchev–Trinajstić information content (AvgIpc) is 2.41. The summed E-state index contributed by atoms with van der Waals surface area (Å²) in [6.07, 6.45) is -17.8. The van der Waals surface area contributed by atoms with E-state index in [0.717, 1.165) is 0 Å². The van der Waals surface area contributed by atoms with Gasteiger partial charge in [0.1, 0.15) is 0 Å². The van der Waals surface area contributed by atoms with Crippen LogP contribution >= 0.6 is 0 Å². The lowest BCUT2D eigenvalue weighted by Crippen LogP contribution is -2.67. The van der Waals surface area contributed by atoms with Crippen LogP contribution in [0.4, 0.5) is 57.1 Å². The Hall–Kier alpha value is -0.990. The quantitative estimate of drug-likeness (QED) is 0.571. The third-order valence-electron chi connectivity index (χ3n) is 2.71. The number of aliphatic hydroxyl groups excluding tert-OH is 1. The van der Waals surface area contributed by atoms with Gasteiger partial charge in [0.15, 0.2) is 0 Å². The van der Waals surface area contributed by atoms with Crippen LogP contribution in [0, 0.1) is 0 Å². The summed E-state index contributed by atoms with van der Waals surface area (Å²) in [6, 6.07) is 0. The molecule has 2 nitrogen and oxygen atoms in total. The largest absolute Gasteiger partial charge is 0.426 e. The van der Waals surface area contributed by atoms with Gasteiger partial charge in [-0.2, -0.15) is 57.1 Å². The third kappa shape index (κ3) is 4.60. The fraction of sp³-hybridized carbons (Fsp3) is 1.00. The van der Waals surface area contributed by atoms with Crippen molar-refractivity contribution < 1.29 is 66.9 Å². The molecule has 0 fully saturated rings. The summed E-state index contributed by atoms with van der Waals surface area (Å²) in [6.45, 7) is -3.20. The number of aliphatic hydroxyl groups is 1. The predicted molar refractivity (Wildman–Crippen MR) is 53.1 cm³/mol. The van der Waals surface area contributed by atoms with Gasteiger partial charge in [-0.05, 0) is 0 Å². The number of halogens is 13. The lowest BCUT2D eigenvalue weighted by Gasteiger charge is -2.39. The lowest BCUT2D eigenvalue weighted by atomic mass is 9.95. The minimum atomic E-state index is -7.51. The van der Waals surface area contributed by atoms with Crippen molar-refractivity contribution in [2.24, 2.45) is 0 Å². The van der Waals surface area contributed by atoms with Gasteiger partial charge in [-0.3, -0.25) is 0 Å². The van der Waals surface area contributed by atoms with Crippen molar-refractivity contribution in [3.05, 3.63) is 0 Å². The molecule has 0 aromatic rings. The fourth-order valence-corrected chi connectivity index (χ4v) is 1.33. The van der Waals surface area contributed by atoms with E-state index in [2.05, 4.69) is 4.74 Å². The van der Waals surface area contributed by atoms with Crippen molar-refractivity contribution in [2.45, 2.75) is 48.8 Å². The van der Waals surface area contributed by atoms with Crippen LogP contribution < -0.4 is 0 Å². The molecule has 0 heterocycles. The number of hydrogen-bond acceptors (Lipinski definition) is 2. The van der Waals surface area contributed by atoms with Gasteiger partial charge in [-0.15, -0.1) is 0 Å². The minimum Gasteiger partial charge on any atom is -0.394 e. The van der Waals surface area contributed by atoms with E-state index in [-0.39, 0.29) is 0 Å². The molecule has 25 heavy (non-hydrogen) atoms. The van der Waals surface area contributed by atoms with Crippen molar-refractivity contribution in [2.75, 3.05) is 13.2 Å². The molecule has 0 aromatic carbocycles. The molecule has 15 heteroatoms. The standard InChI is InChI=1S/C10H9F13O2/c11-5(12,1-2-6(13,14)15)7(16,17)8(18,19)9(20,21)10(22,23)25-4-3-24/h24H,1-4H2. The summed E-state index contributed by atoms with van der Waals surface area (Å²) in [5.74, 6) is -28.5. The van der Waals surface area contributed by atoms with E-state index in [9.17, 15) is 57.1 Å². The maximum absolute atomic E-state index is 13.1. The molecule has 0 rings (SSSR count). The zero-order valence-corrected chi connectivity index (χ0v) is 11.6. The molecule has 0 amide bonds. The van der Waals surface area contributed by atoms with Gasteiger partial charge < -0.3 is 9.84 Å². The monoisotopic (exact) mass is 408 g/mol. The first-order valence-corrected chi connectivity index (χ1v) is 5.97. The summed E-state index contributed by atoms with van der Waals surface area (Å²) in [7, 11) is 0. The van der Waals surface area contributed by atoms with Crippen LogP contribution in [-0.4, -0.2) is 54.3 Å². The maximum atomic E-state index is 13.1. The number of hydrogen-bond donors (Lipinski definition) is 1. The fourth-order valence-electron chi connectivity index (χ4n) is 1.33. The Bertz CT molecular complexity index is 443. The van der Waals surface area contributed by atoms with Crippen LogP contribution in [0.1, 0.15) is 12.8 Å². The van der Waals surface area contributed by atoms with Gasteiger partial charge in [0.05, 0.1) is 13.2 Å². The van der Waals surface area contributed by atoms with Crippen LogP contribution in [-0.2, 0) is 4.74 Å². The smallest absolute Gasteiger partial charge is 0.394 e. The molecule has 0 unspecified atom stereocenters. The highest BCUT2D eigenvalue weighted by Gasteiger charge is 2.86. The summed E-state index contributed by atoms with van der Waals surface area (Å²) in [5.41, 5.74) is 0. The SMILES string of the molecule is OCCOC(F)(F)C(F)(F)C(F)(F)C(F)(F)C(F)(F)CCC(F)(F)F. The highest BCUT2D eigenvalue weighted by atomic mass is 19.4. The third-order valence-corrected chi connectivity index (χ3v) is 2.71. The molecule has 0 spiro atoms. The van der Waals surface area contributed by atoms with E-state index in [1.165, 1.54) is 0 Å². The van der Waals surface area contributed by atoms with Crippen molar-refractivity contribution in [1.29, 1.82) is 0 Å². The molecule has 0 radical (unpaired) electrons. The molecular weight excluding hydrogens is 399 g/mol. The topological polar surface area (TPSA) is 29.5 Å². The number of ether oxygens (including phenoxy) is 1. The molecule has 0 aromatic heterocycles. The Kier molecular flexibility index (Phi) is 6.69. The van der Waals surface area contributed by atoms with Crippen molar-refractivity contribution >= 4 is 0 Å². The molecule has 0 aliphatic heterocycles. The van der Waals surface area contributed by atoms with E-state index in [1.54, 1.807) is 0 Å². The molecule has 0 aliphatic rings. The van der Waals surface area contributed by atoms with E-state index < -0.39 is 62.0 Å². The number of rotatable bonds is 9. The Morgan fingerprint density at radius 2 is 1.04 bits per heavy atom. The van der Waals surface area contributed by atoms with Gasteiger partial charge in [0.25, 0.3) is 0 Å². The Balaban J connectivity index is 5.77. The van der Waals surface area contributed by atoms with E-state index in [0.29, 0.717) is 0 Å². The Morgan fingerprint density at radius 1 is 0.600 bits per heavy atom. The second-order valence-electron chi connectivity index (χ2n) is 4.63. The van der Waals surface area contributed by atoms with E-state index >= 15 is 0 Å². The van der Waals surface area contributed by atoms with Gasteiger partial charge in [-0.25, -0.2) is 0 Å².